The lowest BCUT2D eigenvalue weighted by atomic mass is 10.1. The first kappa shape index (κ1) is 22.4. The van der Waals surface area contributed by atoms with Crippen LogP contribution in [0.25, 0.3) is 0 Å². The number of ketones is 1. The van der Waals surface area contributed by atoms with Crippen LogP contribution in [0.4, 0.5) is 11.4 Å². The van der Waals surface area contributed by atoms with E-state index in [4.69, 9.17) is 0 Å². The molecule has 3 rings (SSSR count). The van der Waals surface area contributed by atoms with E-state index in [1.54, 1.807) is 49.4 Å². The molecular weight excluding hydrogens is 406 g/mol. The SMILES string of the molecule is CCC(=O)Nc1ccccc1C(=O)C(=O)Nc1ccc(C(=O)NCc2ccccc2)cc1. The minimum Gasteiger partial charge on any atom is -0.348 e. The molecule has 0 aliphatic rings. The maximum Gasteiger partial charge on any atom is 0.296 e. The fourth-order valence-corrected chi connectivity index (χ4v) is 2.92. The van der Waals surface area contributed by atoms with Gasteiger partial charge in [0.1, 0.15) is 0 Å². The molecule has 7 heteroatoms. The van der Waals surface area contributed by atoms with Crippen LogP contribution >= 0.6 is 0 Å². The number of carbonyl (C=O) groups is 4. The molecular formula is C25H23N3O4. The van der Waals surface area contributed by atoms with Crippen molar-refractivity contribution in [1.29, 1.82) is 0 Å². The Bertz CT molecular complexity index is 1130. The van der Waals surface area contributed by atoms with Crippen molar-refractivity contribution in [3.63, 3.8) is 0 Å². The second-order valence-corrected chi connectivity index (χ2v) is 6.98. The number of nitrogens with one attached hydrogen (secondary N) is 3. The average Bonchev–Trinajstić information content (AvgIpc) is 2.83. The van der Waals surface area contributed by atoms with Gasteiger partial charge in [0.2, 0.25) is 5.91 Å². The largest absolute Gasteiger partial charge is 0.348 e. The number of amides is 3. The minimum atomic E-state index is -0.843. The molecule has 0 bridgehead atoms. The summed E-state index contributed by atoms with van der Waals surface area (Å²) in [5, 5.41) is 7.97. The summed E-state index contributed by atoms with van der Waals surface area (Å²) < 4.78 is 0. The van der Waals surface area contributed by atoms with Crippen molar-refractivity contribution in [2.45, 2.75) is 19.9 Å². The maximum atomic E-state index is 12.6. The monoisotopic (exact) mass is 429 g/mol. The Labute approximate surface area is 185 Å². The van der Waals surface area contributed by atoms with Gasteiger partial charge in [-0.05, 0) is 42.0 Å². The first-order valence-electron chi connectivity index (χ1n) is 10.1. The third-order valence-corrected chi connectivity index (χ3v) is 4.67. The molecule has 3 N–H and O–H groups in total. The summed E-state index contributed by atoms with van der Waals surface area (Å²) in [4.78, 5) is 49.0. The van der Waals surface area contributed by atoms with Crippen molar-refractivity contribution in [3.05, 3.63) is 95.6 Å². The molecule has 0 radical (unpaired) electrons. The number of anilines is 2. The molecule has 0 fully saturated rings. The predicted molar refractivity (Wildman–Crippen MR) is 122 cm³/mol. The molecule has 162 valence electrons. The Kier molecular flexibility index (Phi) is 7.48. The molecule has 0 saturated heterocycles. The van der Waals surface area contributed by atoms with Crippen molar-refractivity contribution in [2.75, 3.05) is 10.6 Å². The van der Waals surface area contributed by atoms with Gasteiger partial charge in [-0.3, -0.25) is 19.2 Å². The molecule has 0 aromatic heterocycles. The van der Waals surface area contributed by atoms with Gasteiger partial charge in [-0.2, -0.15) is 0 Å². The highest BCUT2D eigenvalue weighted by molar-refractivity contribution is 6.47. The van der Waals surface area contributed by atoms with Gasteiger partial charge in [0.05, 0.1) is 11.3 Å². The summed E-state index contributed by atoms with van der Waals surface area (Å²) in [5.74, 6) is -2.12. The summed E-state index contributed by atoms with van der Waals surface area (Å²) in [6.45, 7) is 2.10. The van der Waals surface area contributed by atoms with Gasteiger partial charge in [-0.15, -0.1) is 0 Å². The molecule has 32 heavy (non-hydrogen) atoms. The van der Waals surface area contributed by atoms with E-state index >= 15 is 0 Å². The Morgan fingerprint density at radius 3 is 2.09 bits per heavy atom. The zero-order valence-electron chi connectivity index (χ0n) is 17.6. The van der Waals surface area contributed by atoms with Crippen LogP contribution in [0.3, 0.4) is 0 Å². The van der Waals surface area contributed by atoms with Crippen LogP contribution in [0.15, 0.2) is 78.9 Å². The van der Waals surface area contributed by atoms with Crippen LogP contribution in [0.5, 0.6) is 0 Å². The second-order valence-electron chi connectivity index (χ2n) is 6.98. The fourth-order valence-electron chi connectivity index (χ4n) is 2.92. The number of hydrogen-bond donors (Lipinski definition) is 3. The van der Waals surface area contributed by atoms with Crippen LogP contribution in [-0.4, -0.2) is 23.5 Å². The number of hydrogen-bond acceptors (Lipinski definition) is 4. The molecule has 0 spiro atoms. The van der Waals surface area contributed by atoms with Crippen molar-refractivity contribution < 1.29 is 19.2 Å². The lowest BCUT2D eigenvalue weighted by Crippen LogP contribution is -2.25. The first-order valence-corrected chi connectivity index (χ1v) is 10.1. The van der Waals surface area contributed by atoms with E-state index in [9.17, 15) is 19.2 Å². The smallest absolute Gasteiger partial charge is 0.296 e. The summed E-state index contributed by atoms with van der Waals surface area (Å²) >= 11 is 0. The highest BCUT2D eigenvalue weighted by atomic mass is 16.2. The zero-order valence-corrected chi connectivity index (χ0v) is 17.6. The van der Waals surface area contributed by atoms with E-state index < -0.39 is 11.7 Å². The van der Waals surface area contributed by atoms with Crippen molar-refractivity contribution in [3.8, 4) is 0 Å². The first-order chi connectivity index (χ1) is 15.5. The molecule has 3 aromatic rings. The Balaban J connectivity index is 1.61. The molecule has 3 amide bonds. The van der Waals surface area contributed by atoms with E-state index in [0.29, 0.717) is 17.8 Å². The average molecular weight is 429 g/mol. The predicted octanol–water partition coefficient (Wildman–Crippen LogP) is 3.79. The van der Waals surface area contributed by atoms with Gasteiger partial charge in [0.25, 0.3) is 17.6 Å². The third kappa shape index (κ3) is 5.89. The second kappa shape index (κ2) is 10.7. The maximum absolute atomic E-state index is 12.6. The zero-order chi connectivity index (χ0) is 22.9. The molecule has 0 aliphatic carbocycles. The number of carbonyl (C=O) groups excluding carboxylic acids is 4. The molecule has 0 heterocycles. The van der Waals surface area contributed by atoms with Gasteiger partial charge in [-0.25, -0.2) is 0 Å². The van der Waals surface area contributed by atoms with E-state index in [0.717, 1.165) is 5.56 Å². The van der Waals surface area contributed by atoms with Crippen LogP contribution < -0.4 is 16.0 Å². The van der Waals surface area contributed by atoms with Crippen LogP contribution in [-0.2, 0) is 16.1 Å². The number of Topliss-reactive ketones (excluding diaryl/α,β-unsaturated/α-hetero) is 1. The highest BCUT2D eigenvalue weighted by Gasteiger charge is 2.20. The summed E-state index contributed by atoms with van der Waals surface area (Å²) in [7, 11) is 0. The van der Waals surface area contributed by atoms with Crippen LogP contribution in [0, 0.1) is 0 Å². The highest BCUT2D eigenvalue weighted by Crippen LogP contribution is 2.17. The lowest BCUT2D eigenvalue weighted by molar-refractivity contribution is -0.116. The lowest BCUT2D eigenvalue weighted by Gasteiger charge is -2.10. The van der Waals surface area contributed by atoms with Crippen LogP contribution in [0.1, 0.15) is 39.6 Å². The standard InChI is InChI=1S/C25H23N3O4/c1-2-22(29)28-21-11-7-6-10-20(21)23(30)25(32)27-19-14-12-18(13-15-19)24(31)26-16-17-8-4-3-5-9-17/h3-15H,2,16H2,1H3,(H,26,31)(H,27,32)(H,28,29). The molecule has 0 unspecified atom stereocenters. The van der Waals surface area contributed by atoms with Crippen molar-refractivity contribution in [2.24, 2.45) is 0 Å². The molecule has 0 aliphatic heterocycles. The Morgan fingerprint density at radius 2 is 1.41 bits per heavy atom. The molecule has 3 aromatic carbocycles. The van der Waals surface area contributed by atoms with E-state index in [1.165, 1.54) is 6.07 Å². The van der Waals surface area contributed by atoms with Gasteiger partial charge in [0, 0.05) is 24.2 Å². The normalized spacial score (nSPS) is 10.2. The third-order valence-electron chi connectivity index (χ3n) is 4.67. The molecule has 0 atom stereocenters. The van der Waals surface area contributed by atoms with Gasteiger partial charge >= 0.3 is 0 Å². The Morgan fingerprint density at radius 1 is 0.750 bits per heavy atom. The number of para-hydroxylation sites is 1. The number of benzene rings is 3. The van der Waals surface area contributed by atoms with Crippen LogP contribution in [0.2, 0.25) is 0 Å². The van der Waals surface area contributed by atoms with E-state index in [1.807, 2.05) is 30.3 Å². The van der Waals surface area contributed by atoms with E-state index in [-0.39, 0.29) is 29.5 Å². The molecule has 7 nitrogen and oxygen atoms in total. The van der Waals surface area contributed by atoms with E-state index in [2.05, 4.69) is 16.0 Å². The minimum absolute atomic E-state index is 0.101. The fraction of sp³-hybridized carbons (Fsp3) is 0.120. The molecule has 0 saturated carbocycles. The quantitative estimate of drug-likeness (QED) is 0.374. The topological polar surface area (TPSA) is 104 Å². The Hall–Kier alpha value is -4.26. The number of rotatable bonds is 8. The summed E-state index contributed by atoms with van der Waals surface area (Å²) in [6, 6.07) is 22.1. The van der Waals surface area contributed by atoms with Crippen molar-refractivity contribution >= 4 is 34.9 Å². The van der Waals surface area contributed by atoms with Gasteiger partial charge in [-0.1, -0.05) is 49.4 Å². The summed E-state index contributed by atoms with van der Waals surface area (Å²) in [5.41, 5.74) is 2.17. The van der Waals surface area contributed by atoms with Crippen molar-refractivity contribution in [1.82, 2.24) is 5.32 Å². The summed E-state index contributed by atoms with van der Waals surface area (Å²) in [6.07, 6.45) is 0.250. The van der Waals surface area contributed by atoms with Gasteiger partial charge in [0.15, 0.2) is 0 Å². The van der Waals surface area contributed by atoms with Gasteiger partial charge < -0.3 is 16.0 Å².